The van der Waals surface area contributed by atoms with Crippen molar-refractivity contribution in [1.82, 2.24) is 5.32 Å². The van der Waals surface area contributed by atoms with Gasteiger partial charge in [-0.05, 0) is 42.7 Å². The molecular formula is C20H21FN2O4S. The first kappa shape index (κ1) is 21.4. The van der Waals surface area contributed by atoms with Crippen molar-refractivity contribution in [2.24, 2.45) is 0 Å². The van der Waals surface area contributed by atoms with E-state index in [-0.39, 0.29) is 5.69 Å². The number of rotatable bonds is 9. The molecule has 2 amide bonds. The molecule has 0 bridgehead atoms. The average Bonchev–Trinajstić information content (AvgIpc) is 2.71. The van der Waals surface area contributed by atoms with Gasteiger partial charge in [-0.1, -0.05) is 30.3 Å². The average molecular weight is 404 g/mol. The Balaban J connectivity index is 1.92. The zero-order valence-electron chi connectivity index (χ0n) is 15.3. The highest BCUT2D eigenvalue weighted by Gasteiger charge is 2.23. The number of para-hydroxylation sites is 1. The number of anilines is 1. The molecule has 0 radical (unpaired) electrons. The summed E-state index contributed by atoms with van der Waals surface area (Å²) in [6, 6.07) is 13.3. The maximum atomic E-state index is 13.5. The molecule has 0 aliphatic carbocycles. The van der Waals surface area contributed by atoms with E-state index in [0.717, 1.165) is 0 Å². The Labute approximate surface area is 166 Å². The third-order valence-corrected chi connectivity index (χ3v) is 4.37. The van der Waals surface area contributed by atoms with Gasteiger partial charge in [-0.25, -0.2) is 9.18 Å². The summed E-state index contributed by atoms with van der Waals surface area (Å²) in [7, 11) is 0. The number of hydrogen-bond donors (Lipinski definition) is 2. The van der Waals surface area contributed by atoms with E-state index in [9.17, 15) is 18.8 Å². The van der Waals surface area contributed by atoms with Crippen LogP contribution >= 0.6 is 11.8 Å². The number of esters is 1. The molecule has 0 spiro atoms. The van der Waals surface area contributed by atoms with Crippen LogP contribution in [0.5, 0.6) is 0 Å². The molecule has 0 aliphatic rings. The predicted octanol–water partition coefficient (Wildman–Crippen LogP) is 2.86. The van der Waals surface area contributed by atoms with Gasteiger partial charge in [0.2, 0.25) is 0 Å². The molecule has 1 atom stereocenters. The first-order chi connectivity index (χ1) is 13.5. The number of ether oxygens (including phenoxy) is 1. The van der Waals surface area contributed by atoms with Gasteiger partial charge in [0.25, 0.3) is 11.8 Å². The minimum atomic E-state index is -0.888. The van der Waals surface area contributed by atoms with Crippen molar-refractivity contribution in [2.45, 2.75) is 12.5 Å². The third-order valence-electron chi connectivity index (χ3n) is 3.73. The molecule has 6 nitrogen and oxygen atoms in total. The van der Waals surface area contributed by atoms with E-state index in [1.54, 1.807) is 36.4 Å². The number of carbonyl (C=O) groups is 3. The highest BCUT2D eigenvalue weighted by atomic mass is 32.2. The fourth-order valence-electron chi connectivity index (χ4n) is 2.30. The molecule has 2 rings (SSSR count). The second-order valence-electron chi connectivity index (χ2n) is 5.81. The molecule has 0 aliphatic heterocycles. The molecule has 148 valence electrons. The summed E-state index contributed by atoms with van der Waals surface area (Å²) >= 11 is 1.52. The zero-order valence-corrected chi connectivity index (χ0v) is 16.1. The lowest BCUT2D eigenvalue weighted by Gasteiger charge is -2.17. The van der Waals surface area contributed by atoms with E-state index >= 15 is 0 Å². The topological polar surface area (TPSA) is 84.5 Å². The van der Waals surface area contributed by atoms with Crippen LogP contribution < -0.4 is 10.6 Å². The van der Waals surface area contributed by atoms with E-state index in [1.807, 2.05) is 6.26 Å². The lowest BCUT2D eigenvalue weighted by atomic mass is 10.1. The Kier molecular flexibility index (Phi) is 8.48. The van der Waals surface area contributed by atoms with Gasteiger partial charge in [-0.2, -0.15) is 11.8 Å². The SMILES string of the molecule is CSCCC(NC(=O)c1ccccc1)C(=O)OCC(=O)Nc1ccccc1F. The Hall–Kier alpha value is -2.87. The molecule has 28 heavy (non-hydrogen) atoms. The highest BCUT2D eigenvalue weighted by Crippen LogP contribution is 2.12. The Morgan fingerprint density at radius 1 is 1.07 bits per heavy atom. The smallest absolute Gasteiger partial charge is 0.329 e. The van der Waals surface area contributed by atoms with E-state index in [0.29, 0.717) is 17.7 Å². The number of benzene rings is 2. The monoisotopic (exact) mass is 404 g/mol. The predicted molar refractivity (Wildman–Crippen MR) is 107 cm³/mol. The summed E-state index contributed by atoms with van der Waals surface area (Å²) in [6.07, 6.45) is 2.23. The van der Waals surface area contributed by atoms with Crippen LogP contribution in [0.2, 0.25) is 0 Å². The van der Waals surface area contributed by atoms with Crippen LogP contribution in [0.25, 0.3) is 0 Å². The van der Waals surface area contributed by atoms with Crippen molar-refractivity contribution in [3.8, 4) is 0 Å². The molecule has 0 fully saturated rings. The first-order valence-electron chi connectivity index (χ1n) is 8.57. The molecule has 0 saturated carbocycles. The number of halogens is 1. The fourth-order valence-corrected chi connectivity index (χ4v) is 2.77. The normalized spacial score (nSPS) is 11.4. The number of carbonyl (C=O) groups excluding carboxylic acids is 3. The molecule has 8 heteroatoms. The number of hydrogen-bond acceptors (Lipinski definition) is 5. The summed E-state index contributed by atoms with van der Waals surface area (Å²) in [4.78, 5) is 36.5. The van der Waals surface area contributed by atoms with Gasteiger partial charge in [0, 0.05) is 5.56 Å². The van der Waals surface area contributed by atoms with Gasteiger partial charge in [-0.3, -0.25) is 9.59 Å². The molecule has 2 aromatic carbocycles. The summed E-state index contributed by atoms with van der Waals surface area (Å²) in [5, 5.41) is 4.96. The van der Waals surface area contributed by atoms with Gasteiger partial charge in [0.15, 0.2) is 6.61 Å². The van der Waals surface area contributed by atoms with Crippen molar-refractivity contribution >= 4 is 35.2 Å². The Morgan fingerprint density at radius 2 is 1.75 bits per heavy atom. The Morgan fingerprint density at radius 3 is 2.43 bits per heavy atom. The lowest BCUT2D eigenvalue weighted by molar-refractivity contribution is -0.149. The van der Waals surface area contributed by atoms with Crippen LogP contribution in [-0.4, -0.2) is 42.4 Å². The first-order valence-corrected chi connectivity index (χ1v) is 9.96. The van der Waals surface area contributed by atoms with Gasteiger partial charge < -0.3 is 15.4 Å². The van der Waals surface area contributed by atoms with E-state index in [1.165, 1.54) is 30.0 Å². The van der Waals surface area contributed by atoms with Gasteiger partial charge >= 0.3 is 5.97 Å². The van der Waals surface area contributed by atoms with Crippen molar-refractivity contribution < 1.29 is 23.5 Å². The molecular weight excluding hydrogens is 383 g/mol. The van der Waals surface area contributed by atoms with E-state index < -0.39 is 36.2 Å². The number of thioether (sulfide) groups is 1. The van der Waals surface area contributed by atoms with E-state index in [4.69, 9.17) is 4.74 Å². The van der Waals surface area contributed by atoms with Crippen LogP contribution in [0, 0.1) is 5.82 Å². The van der Waals surface area contributed by atoms with E-state index in [2.05, 4.69) is 10.6 Å². The molecule has 2 aromatic rings. The van der Waals surface area contributed by atoms with Crippen LogP contribution in [0.15, 0.2) is 54.6 Å². The zero-order chi connectivity index (χ0) is 20.4. The minimum absolute atomic E-state index is 0.000127. The summed E-state index contributed by atoms with van der Waals surface area (Å²) in [5.74, 6) is -1.76. The third kappa shape index (κ3) is 6.70. The number of amides is 2. The number of nitrogens with one attached hydrogen (secondary N) is 2. The van der Waals surface area contributed by atoms with Crippen molar-refractivity contribution in [2.75, 3.05) is 23.9 Å². The lowest BCUT2D eigenvalue weighted by Crippen LogP contribution is -2.43. The molecule has 0 saturated heterocycles. The van der Waals surface area contributed by atoms with Gasteiger partial charge in [-0.15, -0.1) is 0 Å². The fraction of sp³-hybridized carbons (Fsp3) is 0.250. The minimum Gasteiger partial charge on any atom is -0.454 e. The molecule has 1 unspecified atom stereocenters. The molecule has 2 N–H and O–H groups in total. The maximum absolute atomic E-state index is 13.5. The van der Waals surface area contributed by atoms with Gasteiger partial charge in [0.05, 0.1) is 5.69 Å². The standard InChI is InChI=1S/C20H21FN2O4S/c1-28-12-11-17(23-19(25)14-7-3-2-4-8-14)20(26)27-13-18(24)22-16-10-6-5-9-15(16)21/h2-10,17H,11-13H2,1H3,(H,22,24)(H,23,25). The van der Waals surface area contributed by atoms with Crippen molar-refractivity contribution in [1.29, 1.82) is 0 Å². The van der Waals surface area contributed by atoms with Crippen LogP contribution in [0.4, 0.5) is 10.1 Å². The highest BCUT2D eigenvalue weighted by molar-refractivity contribution is 7.98. The molecule has 0 aromatic heterocycles. The van der Waals surface area contributed by atoms with Crippen molar-refractivity contribution in [3.05, 3.63) is 66.0 Å². The summed E-state index contributed by atoms with van der Waals surface area (Å²) < 4.78 is 18.6. The second-order valence-corrected chi connectivity index (χ2v) is 6.79. The van der Waals surface area contributed by atoms with Gasteiger partial charge in [0.1, 0.15) is 11.9 Å². The van der Waals surface area contributed by atoms with Crippen LogP contribution in [-0.2, 0) is 14.3 Å². The maximum Gasteiger partial charge on any atom is 0.329 e. The Bertz CT molecular complexity index is 817. The quantitative estimate of drug-likeness (QED) is 0.628. The van der Waals surface area contributed by atoms with Crippen LogP contribution in [0.1, 0.15) is 16.8 Å². The summed E-state index contributed by atoms with van der Waals surface area (Å²) in [6.45, 7) is -0.579. The summed E-state index contributed by atoms with van der Waals surface area (Å²) in [5.41, 5.74) is 0.418. The second kappa shape index (κ2) is 11.1. The largest absolute Gasteiger partial charge is 0.454 e. The van der Waals surface area contributed by atoms with Crippen LogP contribution in [0.3, 0.4) is 0 Å². The molecule has 0 heterocycles. The van der Waals surface area contributed by atoms with Crippen molar-refractivity contribution in [3.63, 3.8) is 0 Å².